The van der Waals surface area contributed by atoms with E-state index in [1.807, 2.05) is 13.8 Å². The minimum Gasteiger partial charge on any atom is -0.357 e. The predicted octanol–water partition coefficient (Wildman–Crippen LogP) is 4.94. The number of piperazine rings is 1. The Kier molecular flexibility index (Phi) is 20.2. The molecule has 0 aromatic rings. The highest BCUT2D eigenvalue weighted by atomic mass is 28.2. The maximum absolute atomic E-state index is 5.67. The van der Waals surface area contributed by atoms with E-state index in [0.717, 1.165) is 22.7 Å². The first-order valence-corrected chi connectivity index (χ1v) is 15.1. The van der Waals surface area contributed by atoms with Gasteiger partial charge in [-0.05, 0) is 52.7 Å². The first-order chi connectivity index (χ1) is 15.7. The smallest absolute Gasteiger partial charge is 0.137 e. The van der Waals surface area contributed by atoms with Gasteiger partial charge in [-0.1, -0.05) is 58.4 Å². The molecule has 6 heteroatoms. The third-order valence-electron chi connectivity index (χ3n) is 6.45. The maximum Gasteiger partial charge on any atom is 0.137 e. The Hall–Kier alpha value is 0.0169. The van der Waals surface area contributed by atoms with Crippen molar-refractivity contribution >= 4 is 9.52 Å². The molecule has 5 nitrogen and oxygen atoms in total. The summed E-state index contributed by atoms with van der Waals surface area (Å²) in [5.74, 6) is 0.0220. The second-order valence-corrected chi connectivity index (χ2v) is 10.6. The van der Waals surface area contributed by atoms with Crippen LogP contribution >= 0.6 is 0 Å². The van der Waals surface area contributed by atoms with E-state index < -0.39 is 0 Å². The van der Waals surface area contributed by atoms with Crippen LogP contribution in [0, 0.1) is 0 Å². The lowest BCUT2D eigenvalue weighted by atomic mass is 10.1. The van der Waals surface area contributed by atoms with Crippen molar-refractivity contribution in [2.24, 2.45) is 0 Å². The lowest BCUT2D eigenvalue weighted by Gasteiger charge is -2.36. The molecule has 0 saturated carbocycles. The van der Waals surface area contributed by atoms with Crippen LogP contribution in [-0.2, 0) is 9.47 Å². The van der Waals surface area contributed by atoms with Crippen LogP contribution in [0.2, 0.25) is 6.04 Å². The van der Waals surface area contributed by atoms with Crippen LogP contribution in [0.15, 0.2) is 0 Å². The van der Waals surface area contributed by atoms with E-state index in [4.69, 9.17) is 9.47 Å². The van der Waals surface area contributed by atoms with E-state index in [0.29, 0.717) is 0 Å². The summed E-state index contributed by atoms with van der Waals surface area (Å²) in [6.07, 6.45) is 12.3. The zero-order valence-electron chi connectivity index (χ0n) is 22.1. The molecule has 0 amide bonds. The molecule has 32 heavy (non-hydrogen) atoms. The summed E-state index contributed by atoms with van der Waals surface area (Å²) in [4.78, 5) is 8.11. The summed E-state index contributed by atoms with van der Waals surface area (Å²) in [5.41, 5.74) is 0. The topological polar surface area (TPSA) is 28.2 Å². The van der Waals surface area contributed by atoms with E-state index in [-0.39, 0.29) is 5.91 Å². The molecule has 1 rings (SSSR count). The van der Waals surface area contributed by atoms with Gasteiger partial charge in [-0.25, -0.2) is 0 Å². The van der Waals surface area contributed by atoms with Gasteiger partial charge in [0.05, 0.1) is 0 Å². The van der Waals surface area contributed by atoms with E-state index in [9.17, 15) is 0 Å². The molecular weight excluding hydrogens is 414 g/mol. The van der Waals surface area contributed by atoms with Crippen LogP contribution in [0.25, 0.3) is 0 Å². The molecule has 0 spiro atoms. The Bertz CT molecular complexity index is 377. The zero-order valence-corrected chi connectivity index (χ0v) is 23.1. The standard InChI is InChI=1S/C26H55N3O2Si/c1-5-9-11-13-16-27(17-14-12-10-6-2)19-22-29-23-20-28(21-24-29)18-15-25-32-26(30-7-3)31-8-4/h26H,5-25H2,1-4H3. The fraction of sp³-hybridized carbons (Fsp3) is 1.00. The highest BCUT2D eigenvalue weighted by molar-refractivity contribution is 6.36. The van der Waals surface area contributed by atoms with Crippen LogP contribution in [0.4, 0.5) is 0 Å². The summed E-state index contributed by atoms with van der Waals surface area (Å²) in [5, 5.41) is 0. The van der Waals surface area contributed by atoms with Gasteiger partial charge in [0.2, 0.25) is 0 Å². The lowest BCUT2D eigenvalue weighted by Crippen LogP contribution is -2.48. The molecule has 190 valence electrons. The molecular formula is C26H55N3O2Si. The molecule has 0 unspecified atom stereocenters. The molecule has 2 radical (unpaired) electrons. The Morgan fingerprint density at radius 3 is 1.69 bits per heavy atom. The third kappa shape index (κ3) is 15.8. The van der Waals surface area contributed by atoms with Crippen LogP contribution in [-0.4, -0.2) is 102 Å². The average Bonchev–Trinajstić information content (AvgIpc) is 2.81. The van der Waals surface area contributed by atoms with Crippen LogP contribution < -0.4 is 0 Å². The fourth-order valence-corrected chi connectivity index (χ4v) is 5.54. The van der Waals surface area contributed by atoms with E-state index in [1.54, 1.807) is 0 Å². The highest BCUT2D eigenvalue weighted by Gasteiger charge is 2.17. The molecule has 1 fully saturated rings. The monoisotopic (exact) mass is 469 g/mol. The van der Waals surface area contributed by atoms with Gasteiger partial charge >= 0.3 is 0 Å². The predicted molar refractivity (Wildman–Crippen MR) is 140 cm³/mol. The van der Waals surface area contributed by atoms with E-state index in [2.05, 4.69) is 28.5 Å². The molecule has 1 saturated heterocycles. The Labute approximate surface area is 203 Å². The Morgan fingerprint density at radius 1 is 0.656 bits per heavy atom. The van der Waals surface area contributed by atoms with E-state index >= 15 is 0 Å². The van der Waals surface area contributed by atoms with Gasteiger partial charge in [0.25, 0.3) is 0 Å². The number of hydrogen-bond donors (Lipinski definition) is 0. The summed E-state index contributed by atoms with van der Waals surface area (Å²) >= 11 is 0. The molecule has 0 aromatic carbocycles. The minimum absolute atomic E-state index is 0.0220. The SMILES string of the molecule is CCCCCCN(CCCCCC)CCN1CCN(CCC[Si]C(OCC)OCC)CC1. The third-order valence-corrected chi connectivity index (χ3v) is 7.76. The van der Waals surface area contributed by atoms with Gasteiger partial charge in [0, 0.05) is 52.5 Å². The van der Waals surface area contributed by atoms with Crippen molar-refractivity contribution in [3.8, 4) is 0 Å². The van der Waals surface area contributed by atoms with Gasteiger partial charge in [0.15, 0.2) is 0 Å². The summed E-state index contributed by atoms with van der Waals surface area (Å²) in [6.45, 7) is 21.5. The van der Waals surface area contributed by atoms with Crippen molar-refractivity contribution in [3.63, 3.8) is 0 Å². The summed E-state index contributed by atoms with van der Waals surface area (Å²) in [6, 6.07) is 1.22. The number of rotatable bonds is 22. The van der Waals surface area contributed by atoms with Crippen molar-refractivity contribution in [1.82, 2.24) is 14.7 Å². The van der Waals surface area contributed by atoms with Gasteiger partial charge in [-0.2, -0.15) is 0 Å². The molecule has 1 aliphatic heterocycles. The number of unbranched alkanes of at least 4 members (excludes halogenated alkanes) is 6. The zero-order chi connectivity index (χ0) is 23.3. The van der Waals surface area contributed by atoms with Gasteiger partial charge in [0.1, 0.15) is 15.4 Å². The fourth-order valence-electron chi connectivity index (χ4n) is 4.37. The molecule has 0 aliphatic carbocycles. The first kappa shape index (κ1) is 30.0. The second kappa shape index (κ2) is 21.5. The minimum atomic E-state index is 0.0220. The van der Waals surface area contributed by atoms with Gasteiger partial charge < -0.3 is 19.3 Å². The number of ether oxygens (including phenoxy) is 2. The molecule has 0 atom stereocenters. The van der Waals surface area contributed by atoms with Crippen molar-refractivity contribution in [1.29, 1.82) is 0 Å². The molecule has 0 bridgehead atoms. The van der Waals surface area contributed by atoms with Crippen LogP contribution in [0.1, 0.15) is 85.5 Å². The lowest BCUT2D eigenvalue weighted by molar-refractivity contribution is -0.0828. The van der Waals surface area contributed by atoms with Crippen LogP contribution in [0.3, 0.4) is 0 Å². The Morgan fingerprint density at radius 2 is 1.19 bits per heavy atom. The second-order valence-electron chi connectivity index (χ2n) is 9.20. The molecule has 0 N–H and O–H groups in total. The quantitative estimate of drug-likeness (QED) is 0.127. The molecule has 1 heterocycles. The molecule has 0 aromatic heterocycles. The van der Waals surface area contributed by atoms with Crippen molar-refractivity contribution < 1.29 is 9.47 Å². The van der Waals surface area contributed by atoms with Crippen molar-refractivity contribution in [3.05, 3.63) is 0 Å². The average molecular weight is 470 g/mol. The van der Waals surface area contributed by atoms with Crippen LogP contribution in [0.5, 0.6) is 0 Å². The van der Waals surface area contributed by atoms with E-state index in [1.165, 1.54) is 123 Å². The highest BCUT2D eigenvalue weighted by Crippen LogP contribution is 2.08. The first-order valence-electron chi connectivity index (χ1n) is 13.9. The van der Waals surface area contributed by atoms with Gasteiger partial charge in [-0.3, -0.25) is 4.90 Å². The van der Waals surface area contributed by atoms with Crippen molar-refractivity contribution in [2.45, 2.75) is 97.4 Å². The maximum atomic E-state index is 5.67. The summed E-state index contributed by atoms with van der Waals surface area (Å²) in [7, 11) is 0.761. The van der Waals surface area contributed by atoms with Gasteiger partial charge in [-0.15, -0.1) is 0 Å². The number of hydrogen-bond acceptors (Lipinski definition) is 5. The van der Waals surface area contributed by atoms with Crippen molar-refractivity contribution in [2.75, 3.05) is 72.1 Å². The Balaban J connectivity index is 2.18. The summed E-state index contributed by atoms with van der Waals surface area (Å²) < 4.78 is 11.3. The number of nitrogens with zero attached hydrogens (tertiary/aromatic N) is 3. The largest absolute Gasteiger partial charge is 0.357 e. The normalized spacial score (nSPS) is 15.9. The molecule has 1 aliphatic rings.